The third kappa shape index (κ3) is 7.56. The van der Waals surface area contributed by atoms with Crippen molar-refractivity contribution in [1.29, 1.82) is 0 Å². The van der Waals surface area contributed by atoms with E-state index in [0.717, 1.165) is 27.8 Å². The summed E-state index contributed by atoms with van der Waals surface area (Å²) < 4.78 is 39.5. The van der Waals surface area contributed by atoms with Gasteiger partial charge in [-0.05, 0) is 63.9 Å². The second-order valence-corrected chi connectivity index (χ2v) is 11.0. The summed E-state index contributed by atoms with van der Waals surface area (Å²) in [6, 6.07) is 11.6. The first kappa shape index (κ1) is 26.3. The number of rotatable bonds is 8. The standard InChI is InChI=1S/C24H32FN3O4S/c1-17-10-7-8-11-19(17)15-27(18(2)23(30)26-24(3,4)5)22(29)16-28(33(6,31)32)21-13-9-12-20(25)14-21/h7-14,18H,15-16H2,1-6H3,(H,26,30)/t18-/m0/s1. The number of carbonyl (C=O) groups is 2. The first-order valence-corrected chi connectivity index (χ1v) is 12.4. The maximum absolute atomic E-state index is 13.8. The Morgan fingerprint density at radius 3 is 2.27 bits per heavy atom. The van der Waals surface area contributed by atoms with Gasteiger partial charge in [-0.3, -0.25) is 13.9 Å². The van der Waals surface area contributed by atoms with Crippen LogP contribution in [0.25, 0.3) is 0 Å². The first-order chi connectivity index (χ1) is 15.2. The highest BCUT2D eigenvalue weighted by molar-refractivity contribution is 7.92. The number of anilines is 1. The summed E-state index contributed by atoms with van der Waals surface area (Å²) in [5.74, 6) is -1.56. The van der Waals surface area contributed by atoms with E-state index in [9.17, 15) is 22.4 Å². The van der Waals surface area contributed by atoms with Gasteiger partial charge in [-0.25, -0.2) is 12.8 Å². The van der Waals surface area contributed by atoms with Crippen LogP contribution in [0.15, 0.2) is 48.5 Å². The van der Waals surface area contributed by atoms with Crippen LogP contribution in [0.1, 0.15) is 38.8 Å². The van der Waals surface area contributed by atoms with Gasteiger partial charge in [0.2, 0.25) is 21.8 Å². The van der Waals surface area contributed by atoms with E-state index in [0.29, 0.717) is 0 Å². The lowest BCUT2D eigenvalue weighted by atomic mass is 10.1. The van der Waals surface area contributed by atoms with Gasteiger partial charge in [0.1, 0.15) is 18.4 Å². The van der Waals surface area contributed by atoms with E-state index >= 15 is 0 Å². The zero-order valence-electron chi connectivity index (χ0n) is 19.9. The van der Waals surface area contributed by atoms with Crippen molar-refractivity contribution in [1.82, 2.24) is 10.2 Å². The summed E-state index contributed by atoms with van der Waals surface area (Å²) in [6.45, 7) is 8.55. The molecule has 9 heteroatoms. The van der Waals surface area contributed by atoms with Crippen molar-refractivity contribution in [3.05, 3.63) is 65.5 Å². The molecule has 2 rings (SSSR count). The molecule has 7 nitrogen and oxygen atoms in total. The molecule has 0 bridgehead atoms. The van der Waals surface area contributed by atoms with Crippen molar-refractivity contribution in [2.75, 3.05) is 17.1 Å². The molecule has 0 saturated heterocycles. The maximum Gasteiger partial charge on any atom is 0.244 e. The van der Waals surface area contributed by atoms with Gasteiger partial charge < -0.3 is 10.2 Å². The van der Waals surface area contributed by atoms with Crippen molar-refractivity contribution < 1.29 is 22.4 Å². The molecule has 2 amide bonds. The Morgan fingerprint density at radius 1 is 1.09 bits per heavy atom. The fourth-order valence-corrected chi connectivity index (χ4v) is 4.11. The smallest absolute Gasteiger partial charge is 0.244 e. The molecule has 0 saturated carbocycles. The van der Waals surface area contributed by atoms with Gasteiger partial charge in [0.05, 0.1) is 11.9 Å². The van der Waals surface area contributed by atoms with Crippen LogP contribution in [0.2, 0.25) is 0 Å². The highest BCUT2D eigenvalue weighted by Crippen LogP contribution is 2.20. The second kappa shape index (κ2) is 10.3. The summed E-state index contributed by atoms with van der Waals surface area (Å²) in [4.78, 5) is 27.7. The fourth-order valence-electron chi connectivity index (χ4n) is 3.27. The number of nitrogens with zero attached hydrogens (tertiary/aromatic N) is 2. The SMILES string of the molecule is Cc1ccccc1CN(C(=O)CN(c1cccc(F)c1)S(C)(=O)=O)[C@@H](C)C(=O)NC(C)(C)C. The minimum absolute atomic E-state index is 0.0356. The van der Waals surface area contributed by atoms with Gasteiger partial charge in [-0.1, -0.05) is 30.3 Å². The molecule has 0 aliphatic rings. The molecule has 1 atom stereocenters. The fraction of sp³-hybridized carbons (Fsp3) is 0.417. The molecule has 2 aromatic carbocycles. The zero-order chi connectivity index (χ0) is 25.0. The lowest BCUT2D eigenvalue weighted by Gasteiger charge is -2.33. The van der Waals surface area contributed by atoms with Gasteiger partial charge in [0.25, 0.3) is 0 Å². The lowest BCUT2D eigenvalue weighted by molar-refractivity contribution is -0.140. The van der Waals surface area contributed by atoms with E-state index in [4.69, 9.17) is 0 Å². The van der Waals surface area contributed by atoms with E-state index in [1.54, 1.807) is 6.92 Å². The highest BCUT2D eigenvalue weighted by Gasteiger charge is 2.31. The third-order valence-electron chi connectivity index (χ3n) is 5.04. The molecule has 0 aliphatic heterocycles. The van der Waals surface area contributed by atoms with Crippen LogP contribution in [-0.2, 0) is 26.2 Å². The molecule has 0 radical (unpaired) electrons. The number of nitrogens with one attached hydrogen (secondary N) is 1. The number of hydrogen-bond donors (Lipinski definition) is 1. The largest absolute Gasteiger partial charge is 0.350 e. The number of halogens is 1. The Balaban J connectivity index is 2.42. The Hall–Kier alpha value is -2.94. The topological polar surface area (TPSA) is 86.8 Å². The van der Waals surface area contributed by atoms with Crippen LogP contribution in [0.4, 0.5) is 10.1 Å². The Morgan fingerprint density at radius 2 is 1.73 bits per heavy atom. The number of amides is 2. The minimum atomic E-state index is -3.90. The van der Waals surface area contributed by atoms with Crippen LogP contribution in [0.5, 0.6) is 0 Å². The summed E-state index contributed by atoms with van der Waals surface area (Å²) in [5.41, 5.74) is 1.29. The molecular formula is C24H32FN3O4S. The quantitative estimate of drug-likeness (QED) is 0.633. The predicted molar refractivity (Wildman–Crippen MR) is 128 cm³/mol. The zero-order valence-corrected chi connectivity index (χ0v) is 20.7. The number of carbonyl (C=O) groups excluding carboxylic acids is 2. The normalized spacial score (nSPS) is 12.7. The first-order valence-electron chi connectivity index (χ1n) is 10.6. The summed E-state index contributed by atoms with van der Waals surface area (Å²) >= 11 is 0. The lowest BCUT2D eigenvalue weighted by Crippen LogP contribution is -2.54. The molecule has 0 heterocycles. The van der Waals surface area contributed by atoms with Crippen LogP contribution in [0.3, 0.4) is 0 Å². The number of hydrogen-bond acceptors (Lipinski definition) is 4. The van der Waals surface area contributed by atoms with Crippen LogP contribution >= 0.6 is 0 Å². The molecule has 0 aliphatic carbocycles. The molecule has 0 aromatic heterocycles. The highest BCUT2D eigenvalue weighted by atomic mass is 32.2. The van der Waals surface area contributed by atoms with Gasteiger partial charge in [-0.15, -0.1) is 0 Å². The van der Waals surface area contributed by atoms with Crippen molar-refractivity contribution >= 4 is 27.5 Å². The Kier molecular flexibility index (Phi) is 8.24. The van der Waals surface area contributed by atoms with Gasteiger partial charge in [-0.2, -0.15) is 0 Å². The number of aryl methyl sites for hydroxylation is 1. The van der Waals surface area contributed by atoms with Gasteiger partial charge in [0, 0.05) is 12.1 Å². The molecular weight excluding hydrogens is 445 g/mol. The van der Waals surface area contributed by atoms with Crippen LogP contribution in [-0.4, -0.2) is 49.5 Å². The van der Waals surface area contributed by atoms with Gasteiger partial charge >= 0.3 is 0 Å². The average Bonchev–Trinajstić information content (AvgIpc) is 2.68. The van der Waals surface area contributed by atoms with Crippen molar-refractivity contribution in [2.24, 2.45) is 0 Å². The van der Waals surface area contributed by atoms with E-state index in [1.165, 1.54) is 23.1 Å². The van der Waals surface area contributed by atoms with E-state index in [-0.39, 0.29) is 18.1 Å². The molecule has 2 aromatic rings. The average molecular weight is 478 g/mol. The summed E-state index contributed by atoms with van der Waals surface area (Å²) in [7, 11) is -3.90. The van der Waals surface area contributed by atoms with E-state index in [1.807, 2.05) is 52.0 Å². The molecule has 0 unspecified atom stereocenters. The molecule has 1 N–H and O–H groups in total. The van der Waals surface area contributed by atoms with E-state index < -0.39 is 39.9 Å². The monoisotopic (exact) mass is 477 g/mol. The predicted octanol–water partition coefficient (Wildman–Crippen LogP) is 3.23. The Bertz CT molecular complexity index is 1110. The minimum Gasteiger partial charge on any atom is -0.350 e. The maximum atomic E-state index is 13.8. The number of benzene rings is 2. The molecule has 0 spiro atoms. The van der Waals surface area contributed by atoms with Crippen LogP contribution < -0.4 is 9.62 Å². The molecule has 180 valence electrons. The summed E-state index contributed by atoms with van der Waals surface area (Å²) in [6.07, 6.45) is 0.951. The van der Waals surface area contributed by atoms with Crippen molar-refractivity contribution in [3.8, 4) is 0 Å². The third-order valence-corrected chi connectivity index (χ3v) is 6.18. The Labute approximate surface area is 195 Å². The van der Waals surface area contributed by atoms with E-state index in [2.05, 4.69) is 5.32 Å². The van der Waals surface area contributed by atoms with Crippen molar-refractivity contribution in [2.45, 2.75) is 52.7 Å². The molecule has 33 heavy (non-hydrogen) atoms. The number of sulfonamides is 1. The van der Waals surface area contributed by atoms with Crippen LogP contribution in [0, 0.1) is 12.7 Å². The second-order valence-electron chi connectivity index (χ2n) is 9.11. The van der Waals surface area contributed by atoms with Crippen molar-refractivity contribution in [3.63, 3.8) is 0 Å². The summed E-state index contributed by atoms with van der Waals surface area (Å²) in [5, 5.41) is 2.86. The molecule has 0 fully saturated rings. The van der Waals surface area contributed by atoms with Gasteiger partial charge in [0.15, 0.2) is 0 Å².